The van der Waals surface area contributed by atoms with Crippen molar-refractivity contribution in [3.05, 3.63) is 35.9 Å². The highest BCUT2D eigenvalue weighted by Crippen LogP contribution is 2.23. The molecule has 4 amide bonds. The van der Waals surface area contributed by atoms with Gasteiger partial charge in [0.15, 0.2) is 0 Å². The van der Waals surface area contributed by atoms with Gasteiger partial charge < -0.3 is 0 Å². The van der Waals surface area contributed by atoms with E-state index >= 15 is 0 Å². The van der Waals surface area contributed by atoms with E-state index < -0.39 is 29.8 Å². The lowest BCUT2D eigenvalue weighted by Gasteiger charge is -2.32. The van der Waals surface area contributed by atoms with Crippen LogP contribution in [0.5, 0.6) is 0 Å². The molecule has 0 spiro atoms. The summed E-state index contributed by atoms with van der Waals surface area (Å²) in [5.41, 5.74) is 0.534. The van der Waals surface area contributed by atoms with E-state index in [2.05, 4.69) is 11.2 Å². The van der Waals surface area contributed by atoms with Gasteiger partial charge in [-0.25, -0.2) is 9.69 Å². The van der Waals surface area contributed by atoms with Crippen LogP contribution in [-0.4, -0.2) is 28.8 Å². The Bertz CT molecular complexity index is 574. The molecule has 0 aromatic heterocycles. The molecule has 0 aliphatic carbocycles. The van der Waals surface area contributed by atoms with Crippen molar-refractivity contribution >= 4 is 17.8 Å². The molecule has 1 heterocycles. The third-order valence-corrected chi connectivity index (χ3v) is 2.96. The van der Waals surface area contributed by atoms with Gasteiger partial charge in [0, 0.05) is 0 Å². The maximum Gasteiger partial charge on any atom is 0.331 e. The Morgan fingerprint density at radius 3 is 2.47 bits per heavy atom. The van der Waals surface area contributed by atoms with Crippen molar-refractivity contribution in [2.45, 2.75) is 18.9 Å². The Hall–Kier alpha value is -2.61. The molecule has 19 heavy (non-hydrogen) atoms. The van der Waals surface area contributed by atoms with E-state index in [1.165, 1.54) is 0 Å². The maximum absolute atomic E-state index is 12.3. The summed E-state index contributed by atoms with van der Waals surface area (Å²) < 4.78 is 0. The minimum atomic E-state index is -1.03. The summed E-state index contributed by atoms with van der Waals surface area (Å²) in [7, 11) is 0. The van der Waals surface area contributed by atoms with Crippen LogP contribution in [0, 0.1) is 12.3 Å². The van der Waals surface area contributed by atoms with Crippen LogP contribution in [-0.2, 0) is 9.59 Å². The Labute approximate surface area is 110 Å². The van der Waals surface area contributed by atoms with Crippen molar-refractivity contribution in [2.24, 2.45) is 0 Å². The van der Waals surface area contributed by atoms with Crippen LogP contribution in [0.3, 0.4) is 0 Å². The molecule has 1 aromatic rings. The fourth-order valence-electron chi connectivity index (χ4n) is 1.97. The van der Waals surface area contributed by atoms with Gasteiger partial charge in [0.05, 0.1) is 6.04 Å². The second-order valence-electron chi connectivity index (χ2n) is 4.19. The second kappa shape index (κ2) is 4.94. The molecule has 2 rings (SSSR count). The molecule has 1 aromatic carbocycles. The first-order chi connectivity index (χ1) is 9.06. The van der Waals surface area contributed by atoms with Crippen LogP contribution >= 0.6 is 0 Å². The first kappa shape index (κ1) is 12.8. The van der Waals surface area contributed by atoms with Crippen LogP contribution in [0.2, 0.25) is 0 Å². The number of imide groups is 2. The van der Waals surface area contributed by atoms with E-state index in [1.807, 2.05) is 0 Å². The number of nitrogens with zero attached hydrogens (tertiary/aromatic N) is 1. The molecule has 96 valence electrons. The lowest BCUT2D eigenvalue weighted by Crippen LogP contribution is -2.59. The first-order valence-electron chi connectivity index (χ1n) is 5.75. The summed E-state index contributed by atoms with van der Waals surface area (Å²) in [6.45, 7) is 1.55. The number of rotatable bonds is 2. The molecule has 1 fully saturated rings. The van der Waals surface area contributed by atoms with Crippen molar-refractivity contribution in [1.29, 1.82) is 0 Å². The smallest absolute Gasteiger partial charge is 0.277 e. The summed E-state index contributed by atoms with van der Waals surface area (Å²) in [6, 6.07) is 7.08. The van der Waals surface area contributed by atoms with E-state index in [0.29, 0.717) is 5.56 Å². The van der Waals surface area contributed by atoms with Gasteiger partial charge in [0.2, 0.25) is 11.8 Å². The van der Waals surface area contributed by atoms with Gasteiger partial charge in [-0.15, -0.1) is 6.42 Å². The molecule has 1 N–H and O–H groups in total. The van der Waals surface area contributed by atoms with E-state index in [0.717, 1.165) is 4.90 Å². The zero-order chi connectivity index (χ0) is 14.0. The molecule has 0 radical (unpaired) electrons. The number of carbonyl (C=O) groups is 3. The summed E-state index contributed by atoms with van der Waals surface area (Å²) in [5.74, 6) is 0.0669. The average Bonchev–Trinajstić information content (AvgIpc) is 2.39. The van der Waals surface area contributed by atoms with Crippen molar-refractivity contribution in [1.82, 2.24) is 10.2 Å². The highest BCUT2D eigenvalue weighted by molar-refractivity contribution is 6.19. The number of hydrogen-bond donors (Lipinski definition) is 1. The molecule has 1 saturated heterocycles. The first-order valence-corrected chi connectivity index (χ1v) is 5.75. The third-order valence-electron chi connectivity index (χ3n) is 2.96. The molecular weight excluding hydrogens is 244 g/mol. The summed E-state index contributed by atoms with van der Waals surface area (Å²) >= 11 is 0. The van der Waals surface area contributed by atoms with E-state index in [-0.39, 0.29) is 0 Å². The Morgan fingerprint density at radius 2 is 1.89 bits per heavy atom. The molecule has 5 heteroatoms. The normalized spacial score (nSPS) is 20.7. The monoisotopic (exact) mass is 256 g/mol. The van der Waals surface area contributed by atoms with Crippen LogP contribution < -0.4 is 5.32 Å². The fourth-order valence-corrected chi connectivity index (χ4v) is 1.97. The van der Waals surface area contributed by atoms with E-state index in [4.69, 9.17) is 6.42 Å². The average molecular weight is 256 g/mol. The standard InChI is InChI=1S/C14H12N2O3/c1-3-9(2)16-13(18)11(12(17)15-14(16)19)10-7-5-4-6-8-10/h1,4-9,11H,2H3,(H,15,17,19). The van der Waals surface area contributed by atoms with E-state index in [9.17, 15) is 14.4 Å². The zero-order valence-corrected chi connectivity index (χ0v) is 10.3. The fraction of sp³-hybridized carbons (Fsp3) is 0.214. The quantitative estimate of drug-likeness (QED) is 0.630. The highest BCUT2D eigenvalue weighted by atomic mass is 16.2. The van der Waals surface area contributed by atoms with Crippen molar-refractivity contribution < 1.29 is 14.4 Å². The molecule has 0 bridgehead atoms. The third kappa shape index (κ3) is 2.20. The van der Waals surface area contributed by atoms with Crippen LogP contribution in [0.1, 0.15) is 18.4 Å². The highest BCUT2D eigenvalue weighted by Gasteiger charge is 2.42. The van der Waals surface area contributed by atoms with Crippen LogP contribution in [0.25, 0.3) is 0 Å². The number of terminal acetylenes is 1. The number of urea groups is 1. The number of benzene rings is 1. The Morgan fingerprint density at radius 1 is 1.26 bits per heavy atom. The Balaban J connectivity index is 2.40. The van der Waals surface area contributed by atoms with Gasteiger partial charge >= 0.3 is 6.03 Å². The lowest BCUT2D eigenvalue weighted by molar-refractivity contribution is -0.139. The number of hydrogen-bond acceptors (Lipinski definition) is 3. The largest absolute Gasteiger partial charge is 0.331 e. The molecule has 1 aliphatic heterocycles. The predicted octanol–water partition coefficient (Wildman–Crippen LogP) is 0.870. The van der Waals surface area contributed by atoms with Gasteiger partial charge in [0.25, 0.3) is 0 Å². The zero-order valence-electron chi connectivity index (χ0n) is 10.3. The van der Waals surface area contributed by atoms with Gasteiger partial charge in [-0.2, -0.15) is 0 Å². The molecule has 1 aliphatic rings. The van der Waals surface area contributed by atoms with Crippen molar-refractivity contribution in [3.8, 4) is 12.3 Å². The van der Waals surface area contributed by atoms with Gasteiger partial charge in [-0.05, 0) is 12.5 Å². The predicted molar refractivity (Wildman–Crippen MR) is 67.9 cm³/mol. The summed E-state index contributed by atoms with van der Waals surface area (Å²) in [6.07, 6.45) is 5.24. The number of nitrogens with one attached hydrogen (secondary N) is 1. The number of barbiturate groups is 1. The van der Waals surface area contributed by atoms with Gasteiger partial charge in [-0.3, -0.25) is 14.9 Å². The molecule has 0 saturated carbocycles. The van der Waals surface area contributed by atoms with Crippen LogP contribution in [0.4, 0.5) is 4.79 Å². The second-order valence-corrected chi connectivity index (χ2v) is 4.19. The minimum Gasteiger partial charge on any atom is -0.277 e. The maximum atomic E-state index is 12.3. The SMILES string of the molecule is C#CC(C)N1C(=O)NC(=O)C(c2ccccc2)C1=O. The number of carbonyl (C=O) groups excluding carboxylic acids is 3. The molecular formula is C14H12N2O3. The minimum absolute atomic E-state index is 0.534. The molecule has 2 atom stereocenters. The summed E-state index contributed by atoms with van der Waals surface area (Å²) in [4.78, 5) is 36.7. The molecule has 2 unspecified atom stereocenters. The molecule has 5 nitrogen and oxygen atoms in total. The van der Waals surface area contributed by atoms with Gasteiger partial charge in [-0.1, -0.05) is 36.3 Å². The lowest BCUT2D eigenvalue weighted by atomic mass is 9.94. The Kier molecular flexibility index (Phi) is 3.34. The van der Waals surface area contributed by atoms with Gasteiger partial charge in [0.1, 0.15) is 5.92 Å². The topological polar surface area (TPSA) is 66.5 Å². The number of amides is 4. The van der Waals surface area contributed by atoms with Crippen molar-refractivity contribution in [2.75, 3.05) is 0 Å². The summed E-state index contributed by atoms with van der Waals surface area (Å²) in [5, 5.41) is 2.16. The van der Waals surface area contributed by atoms with Crippen LogP contribution in [0.15, 0.2) is 30.3 Å². The van der Waals surface area contributed by atoms with Crippen molar-refractivity contribution in [3.63, 3.8) is 0 Å². The van der Waals surface area contributed by atoms with E-state index in [1.54, 1.807) is 37.3 Å².